The zero-order valence-electron chi connectivity index (χ0n) is 10.9. The van der Waals surface area contributed by atoms with Crippen LogP contribution in [-0.4, -0.2) is 18.3 Å². The van der Waals surface area contributed by atoms with E-state index in [2.05, 4.69) is 46.2 Å². The number of thioether (sulfide) groups is 1. The van der Waals surface area contributed by atoms with Crippen molar-refractivity contribution < 1.29 is 0 Å². The molecule has 0 aliphatic carbocycles. The second-order valence-electron chi connectivity index (χ2n) is 4.17. The Bertz CT molecular complexity index is 508. The second kappa shape index (κ2) is 6.36. The summed E-state index contributed by atoms with van der Waals surface area (Å²) in [6.45, 7) is 2.05. The fourth-order valence-electron chi connectivity index (χ4n) is 1.99. The molecule has 96 valence electrons. The van der Waals surface area contributed by atoms with Gasteiger partial charge in [0.1, 0.15) is 0 Å². The van der Waals surface area contributed by atoms with Gasteiger partial charge in [0, 0.05) is 28.4 Å². The molecule has 18 heavy (non-hydrogen) atoms. The van der Waals surface area contributed by atoms with Gasteiger partial charge in [0.15, 0.2) is 0 Å². The summed E-state index contributed by atoms with van der Waals surface area (Å²) in [4.78, 5) is 5.89. The quantitative estimate of drug-likeness (QED) is 0.845. The van der Waals surface area contributed by atoms with Crippen molar-refractivity contribution in [3.05, 3.63) is 45.9 Å². The minimum atomic E-state index is 0.333. The molecule has 1 atom stereocenters. The number of benzene rings is 1. The molecule has 0 saturated heterocycles. The molecule has 0 aliphatic rings. The van der Waals surface area contributed by atoms with E-state index in [0.29, 0.717) is 6.04 Å². The highest BCUT2D eigenvalue weighted by Gasteiger charge is 2.15. The van der Waals surface area contributed by atoms with Crippen molar-refractivity contribution in [1.82, 2.24) is 10.3 Å². The maximum absolute atomic E-state index is 4.55. The summed E-state index contributed by atoms with van der Waals surface area (Å²) in [5.74, 6) is 0. The van der Waals surface area contributed by atoms with E-state index >= 15 is 0 Å². The number of hydrogen-bond acceptors (Lipinski definition) is 4. The van der Waals surface area contributed by atoms with Crippen LogP contribution >= 0.6 is 23.1 Å². The van der Waals surface area contributed by atoms with Gasteiger partial charge >= 0.3 is 0 Å². The van der Waals surface area contributed by atoms with Crippen LogP contribution in [0.5, 0.6) is 0 Å². The predicted molar refractivity (Wildman–Crippen MR) is 80.6 cm³/mol. The topological polar surface area (TPSA) is 24.9 Å². The van der Waals surface area contributed by atoms with E-state index in [1.165, 1.54) is 15.5 Å². The molecule has 1 aromatic carbocycles. The van der Waals surface area contributed by atoms with E-state index in [-0.39, 0.29) is 0 Å². The molecule has 0 amide bonds. The van der Waals surface area contributed by atoms with Crippen LogP contribution in [0.2, 0.25) is 0 Å². The van der Waals surface area contributed by atoms with Crippen LogP contribution in [0.3, 0.4) is 0 Å². The van der Waals surface area contributed by atoms with E-state index < -0.39 is 0 Å². The number of nitrogens with zero attached hydrogens (tertiary/aromatic N) is 1. The summed E-state index contributed by atoms with van der Waals surface area (Å²) in [6.07, 6.45) is 3.08. The Hall–Kier alpha value is -0.840. The van der Waals surface area contributed by atoms with E-state index in [1.54, 1.807) is 23.1 Å². The summed E-state index contributed by atoms with van der Waals surface area (Å²) in [7, 11) is 2.02. The van der Waals surface area contributed by atoms with Crippen LogP contribution < -0.4 is 5.32 Å². The van der Waals surface area contributed by atoms with Crippen LogP contribution in [0.25, 0.3) is 0 Å². The summed E-state index contributed by atoms with van der Waals surface area (Å²) < 4.78 is 0. The smallest absolute Gasteiger partial charge is 0.0947 e. The van der Waals surface area contributed by atoms with Crippen LogP contribution in [0.15, 0.2) is 34.5 Å². The lowest BCUT2D eigenvalue weighted by atomic mass is 10.0. The summed E-state index contributed by atoms with van der Waals surface area (Å²) in [6, 6.07) is 8.91. The Morgan fingerprint density at radius 2 is 2.17 bits per heavy atom. The molecule has 0 aliphatic heterocycles. The number of likely N-dealkylation sites (N-methyl/N-ethyl adjacent to an activating group) is 1. The number of nitrogens with one attached hydrogen (secondary N) is 1. The Kier molecular flexibility index (Phi) is 4.80. The first-order chi connectivity index (χ1) is 8.74. The van der Waals surface area contributed by atoms with E-state index in [0.717, 1.165) is 12.1 Å². The van der Waals surface area contributed by atoms with Crippen molar-refractivity contribution >= 4 is 23.1 Å². The summed E-state index contributed by atoms with van der Waals surface area (Å²) >= 11 is 3.54. The fraction of sp³-hybridized carbons (Fsp3) is 0.357. The van der Waals surface area contributed by atoms with E-state index in [4.69, 9.17) is 0 Å². The third kappa shape index (κ3) is 3.13. The van der Waals surface area contributed by atoms with Crippen LogP contribution in [0, 0.1) is 6.92 Å². The maximum atomic E-state index is 4.55. The highest BCUT2D eigenvalue weighted by molar-refractivity contribution is 7.98. The van der Waals surface area contributed by atoms with Crippen molar-refractivity contribution in [3.8, 4) is 0 Å². The monoisotopic (exact) mass is 278 g/mol. The van der Waals surface area contributed by atoms with Crippen molar-refractivity contribution in [2.45, 2.75) is 24.3 Å². The van der Waals surface area contributed by atoms with Gasteiger partial charge in [0.2, 0.25) is 0 Å². The largest absolute Gasteiger partial charge is 0.313 e. The number of hydrogen-bond donors (Lipinski definition) is 1. The molecule has 2 aromatic rings. The molecule has 1 N–H and O–H groups in total. The zero-order chi connectivity index (χ0) is 13.0. The van der Waals surface area contributed by atoms with Gasteiger partial charge in [-0.1, -0.05) is 18.2 Å². The Morgan fingerprint density at radius 3 is 2.78 bits per heavy atom. The van der Waals surface area contributed by atoms with Crippen molar-refractivity contribution in [3.63, 3.8) is 0 Å². The Labute approximate surface area is 117 Å². The highest BCUT2D eigenvalue weighted by atomic mass is 32.2. The molecular formula is C14H18N2S2. The van der Waals surface area contributed by atoms with Crippen LogP contribution in [-0.2, 0) is 6.42 Å². The minimum Gasteiger partial charge on any atom is -0.313 e. The van der Waals surface area contributed by atoms with Crippen LogP contribution in [0.1, 0.15) is 22.3 Å². The average Bonchev–Trinajstić information content (AvgIpc) is 2.81. The molecule has 2 rings (SSSR count). The molecule has 0 bridgehead atoms. The van der Waals surface area contributed by atoms with Gasteiger partial charge in [0.25, 0.3) is 0 Å². The molecule has 4 heteroatoms. The van der Waals surface area contributed by atoms with Crippen molar-refractivity contribution in [2.24, 2.45) is 0 Å². The van der Waals surface area contributed by atoms with Gasteiger partial charge in [-0.3, -0.25) is 0 Å². The molecule has 0 fully saturated rings. The zero-order valence-corrected chi connectivity index (χ0v) is 12.6. The Balaban J connectivity index is 2.22. The molecule has 1 heterocycles. The second-order valence-corrected chi connectivity index (χ2v) is 5.96. The number of aromatic nitrogens is 1. The third-order valence-corrected chi connectivity index (χ3v) is 4.71. The maximum Gasteiger partial charge on any atom is 0.0947 e. The lowest BCUT2D eigenvalue weighted by molar-refractivity contribution is 0.581. The van der Waals surface area contributed by atoms with Crippen LogP contribution in [0.4, 0.5) is 0 Å². The minimum absolute atomic E-state index is 0.333. The normalized spacial score (nSPS) is 12.6. The standard InChI is InChI=1S/C14H18N2S2/c1-10-9-18-14(16-10)8-12(15-2)11-6-4-5-7-13(11)17-3/h4-7,9,12,15H,8H2,1-3H3. The first-order valence-corrected chi connectivity index (χ1v) is 8.06. The van der Waals surface area contributed by atoms with Gasteiger partial charge in [-0.2, -0.15) is 0 Å². The lowest BCUT2D eigenvalue weighted by Crippen LogP contribution is -2.19. The van der Waals surface area contributed by atoms with Crippen molar-refractivity contribution in [2.75, 3.05) is 13.3 Å². The Morgan fingerprint density at radius 1 is 1.39 bits per heavy atom. The van der Waals surface area contributed by atoms with Gasteiger partial charge in [0.05, 0.1) is 5.01 Å². The molecule has 0 spiro atoms. The summed E-state index contributed by atoms with van der Waals surface area (Å²) in [5.41, 5.74) is 2.48. The van der Waals surface area contributed by atoms with Gasteiger partial charge < -0.3 is 5.32 Å². The van der Waals surface area contributed by atoms with Crippen molar-refractivity contribution in [1.29, 1.82) is 0 Å². The number of thiazole rings is 1. The first kappa shape index (κ1) is 13.6. The third-order valence-electron chi connectivity index (χ3n) is 2.91. The van der Waals surface area contributed by atoms with E-state index in [9.17, 15) is 0 Å². The lowest BCUT2D eigenvalue weighted by Gasteiger charge is -2.18. The predicted octanol–water partition coefficient (Wildman–Crippen LogP) is 3.68. The molecule has 2 nitrogen and oxygen atoms in total. The molecule has 0 saturated carbocycles. The van der Waals surface area contributed by atoms with Gasteiger partial charge in [-0.15, -0.1) is 23.1 Å². The molecular weight excluding hydrogens is 260 g/mol. The highest BCUT2D eigenvalue weighted by Crippen LogP contribution is 2.28. The summed E-state index contributed by atoms with van der Waals surface area (Å²) in [5, 5.41) is 6.71. The number of rotatable bonds is 5. The van der Waals surface area contributed by atoms with Gasteiger partial charge in [-0.05, 0) is 31.9 Å². The van der Waals surface area contributed by atoms with Gasteiger partial charge in [-0.25, -0.2) is 4.98 Å². The molecule has 1 unspecified atom stereocenters. The number of aryl methyl sites for hydroxylation is 1. The van der Waals surface area contributed by atoms with E-state index in [1.807, 2.05) is 14.0 Å². The molecule has 1 aromatic heterocycles. The fourth-order valence-corrected chi connectivity index (χ4v) is 3.47. The average molecular weight is 278 g/mol. The first-order valence-electron chi connectivity index (χ1n) is 5.95. The SMILES string of the molecule is CNC(Cc1nc(C)cs1)c1ccccc1SC. The molecule has 0 radical (unpaired) electrons.